The van der Waals surface area contributed by atoms with Gasteiger partial charge in [-0.15, -0.1) is 0 Å². The third kappa shape index (κ3) is 12.8. The van der Waals surface area contributed by atoms with E-state index < -0.39 is 0 Å². The highest BCUT2D eigenvalue weighted by molar-refractivity contribution is 5.93. The van der Waals surface area contributed by atoms with E-state index in [1.165, 1.54) is 17.1 Å². The number of benzene rings is 2. The SMILES string of the molecule is CC.CN=CN(NC)c1ccc(CN(N)/C(Nc2ccc(F)cc2)=C(\C)C(=O)N(C)CC(C)C)cc1.COC. The van der Waals surface area contributed by atoms with Gasteiger partial charge in [-0.25, -0.2) is 15.7 Å². The molecule has 39 heavy (non-hydrogen) atoms. The van der Waals surface area contributed by atoms with Gasteiger partial charge in [-0.3, -0.25) is 19.8 Å². The number of nitrogens with zero attached hydrogens (tertiary/aromatic N) is 4. The molecule has 0 spiro atoms. The molecule has 0 saturated carbocycles. The van der Waals surface area contributed by atoms with Gasteiger partial charge in [-0.1, -0.05) is 39.8 Å². The number of aliphatic imine (C=N–C) groups is 1. The minimum absolute atomic E-state index is 0.132. The maximum Gasteiger partial charge on any atom is 0.252 e. The first kappa shape index (κ1) is 35.5. The molecule has 0 heterocycles. The third-order valence-corrected chi connectivity index (χ3v) is 5.10. The summed E-state index contributed by atoms with van der Waals surface area (Å²) in [7, 11) is 8.54. The van der Waals surface area contributed by atoms with Crippen LogP contribution in [0.3, 0.4) is 0 Å². The lowest BCUT2D eigenvalue weighted by atomic mass is 10.1. The van der Waals surface area contributed by atoms with Crippen molar-refractivity contribution in [3.8, 4) is 0 Å². The first-order valence-corrected chi connectivity index (χ1v) is 13.0. The fourth-order valence-corrected chi connectivity index (χ4v) is 3.48. The highest BCUT2D eigenvalue weighted by Gasteiger charge is 2.20. The molecule has 0 radical (unpaired) electrons. The van der Waals surface area contributed by atoms with Crippen molar-refractivity contribution in [2.45, 2.75) is 41.2 Å². The number of nitrogens with two attached hydrogens (primary N) is 1. The Kier molecular flexibility index (Phi) is 17.8. The van der Waals surface area contributed by atoms with Gasteiger partial charge in [0.05, 0.1) is 17.8 Å². The highest BCUT2D eigenvalue weighted by Crippen LogP contribution is 2.20. The summed E-state index contributed by atoms with van der Waals surface area (Å²) >= 11 is 0. The molecule has 2 aromatic carbocycles. The lowest BCUT2D eigenvalue weighted by molar-refractivity contribution is -0.126. The van der Waals surface area contributed by atoms with Gasteiger partial charge in [0.1, 0.15) is 18.0 Å². The number of carbonyl (C=O) groups is 1. The second-order valence-corrected chi connectivity index (χ2v) is 8.85. The summed E-state index contributed by atoms with van der Waals surface area (Å²) < 4.78 is 17.6. The van der Waals surface area contributed by atoms with E-state index in [4.69, 9.17) is 5.84 Å². The maximum atomic E-state index is 13.4. The molecule has 10 heteroatoms. The van der Waals surface area contributed by atoms with Crippen molar-refractivity contribution in [2.24, 2.45) is 16.8 Å². The Morgan fingerprint density at radius 3 is 2.10 bits per heavy atom. The summed E-state index contributed by atoms with van der Waals surface area (Å²) in [5, 5.41) is 6.49. The van der Waals surface area contributed by atoms with Crippen molar-refractivity contribution in [2.75, 3.05) is 52.2 Å². The Balaban J connectivity index is 0.00000269. The summed E-state index contributed by atoms with van der Waals surface area (Å²) in [6.07, 6.45) is 1.68. The van der Waals surface area contributed by atoms with Gasteiger partial charge in [0.2, 0.25) is 0 Å². The van der Waals surface area contributed by atoms with Gasteiger partial charge >= 0.3 is 0 Å². The minimum Gasteiger partial charge on any atom is -0.388 e. The third-order valence-electron chi connectivity index (χ3n) is 5.10. The Morgan fingerprint density at radius 1 is 1.10 bits per heavy atom. The van der Waals surface area contributed by atoms with Crippen LogP contribution in [-0.4, -0.2) is 64.1 Å². The van der Waals surface area contributed by atoms with Crippen molar-refractivity contribution < 1.29 is 13.9 Å². The number of hydrogen-bond acceptors (Lipinski definition) is 7. The second-order valence-electron chi connectivity index (χ2n) is 8.85. The number of halogens is 1. The zero-order valence-corrected chi connectivity index (χ0v) is 25.2. The molecule has 0 saturated heterocycles. The predicted molar refractivity (Wildman–Crippen MR) is 162 cm³/mol. The van der Waals surface area contributed by atoms with Crippen LogP contribution < -0.4 is 21.6 Å². The lowest BCUT2D eigenvalue weighted by Gasteiger charge is -2.28. The summed E-state index contributed by atoms with van der Waals surface area (Å²) in [4.78, 5) is 18.8. The number of rotatable bonds is 11. The molecule has 218 valence electrons. The van der Waals surface area contributed by atoms with Gasteiger partial charge in [-0.05, 0) is 54.8 Å². The molecule has 2 rings (SSSR count). The molecule has 0 aromatic heterocycles. The van der Waals surface area contributed by atoms with Crippen LogP contribution >= 0.6 is 0 Å². The van der Waals surface area contributed by atoms with Gasteiger partial charge < -0.3 is 15.0 Å². The Morgan fingerprint density at radius 2 is 1.64 bits per heavy atom. The molecule has 0 unspecified atom stereocenters. The van der Waals surface area contributed by atoms with Crippen LogP contribution in [0.15, 0.2) is 64.9 Å². The zero-order chi connectivity index (χ0) is 30.0. The fourth-order valence-electron chi connectivity index (χ4n) is 3.48. The van der Waals surface area contributed by atoms with Gasteiger partial charge in [-0.2, -0.15) is 0 Å². The normalized spacial score (nSPS) is 11.1. The molecular weight excluding hydrogens is 497 g/mol. The van der Waals surface area contributed by atoms with Crippen LogP contribution in [-0.2, 0) is 16.1 Å². The van der Waals surface area contributed by atoms with Crippen molar-refractivity contribution in [1.29, 1.82) is 0 Å². The highest BCUT2D eigenvalue weighted by atomic mass is 19.1. The Labute approximate surface area is 234 Å². The molecule has 9 nitrogen and oxygen atoms in total. The van der Waals surface area contributed by atoms with Crippen molar-refractivity contribution >= 4 is 23.6 Å². The van der Waals surface area contributed by atoms with Crippen molar-refractivity contribution in [3.05, 3.63) is 71.3 Å². The van der Waals surface area contributed by atoms with Crippen LogP contribution in [0, 0.1) is 11.7 Å². The number of carbonyl (C=O) groups excluding carboxylic acids is 1. The summed E-state index contributed by atoms with van der Waals surface area (Å²) in [6.45, 7) is 10.8. The van der Waals surface area contributed by atoms with Crippen LogP contribution in [0.5, 0.6) is 0 Å². The fraction of sp³-hybridized carbons (Fsp3) is 0.448. The number of methoxy groups -OCH3 is 1. The average molecular weight is 546 g/mol. The Bertz CT molecular complexity index is 1010. The first-order valence-electron chi connectivity index (χ1n) is 13.0. The number of nitrogens with one attached hydrogen (secondary N) is 2. The number of amides is 1. The smallest absolute Gasteiger partial charge is 0.252 e. The number of ether oxygens (including phenoxy) is 1. The maximum absolute atomic E-state index is 13.4. The molecule has 1 amide bonds. The molecule has 0 atom stereocenters. The van der Waals surface area contributed by atoms with Gasteiger partial charge in [0, 0.05) is 47.6 Å². The standard InChI is InChI=1S/C25H36FN7O.C2H6O.C2H6/c1-18(2)15-31(6)25(34)19(3)24(30-22-11-9-21(26)10-12-22)32(27)16-20-7-13-23(14-8-20)33(29-5)17-28-4;1-3-2;1-2/h7-14,17-18,29-30H,15-16,27H2,1-6H3;1-2H3;1-2H3/b24-19+,28-17?;;. The number of hydrazine groups is 2. The average Bonchev–Trinajstić information content (AvgIpc) is 2.92. The number of likely N-dealkylation sites (N-methyl/N-ethyl adjacent to an activating group) is 1. The molecule has 0 aliphatic carbocycles. The quantitative estimate of drug-likeness (QED) is 0.122. The topological polar surface area (TPSA) is 98.5 Å². The van der Waals surface area contributed by atoms with E-state index in [1.54, 1.807) is 63.6 Å². The lowest BCUT2D eigenvalue weighted by Crippen LogP contribution is -2.38. The number of anilines is 2. The van der Waals surface area contributed by atoms with E-state index in [0.29, 0.717) is 36.1 Å². The van der Waals surface area contributed by atoms with Crippen LogP contribution in [0.2, 0.25) is 0 Å². The molecule has 0 aliphatic heterocycles. The van der Waals surface area contributed by atoms with Gasteiger partial charge in [0.25, 0.3) is 5.91 Å². The van der Waals surface area contributed by atoms with E-state index in [2.05, 4.69) is 34.3 Å². The summed E-state index contributed by atoms with van der Waals surface area (Å²) in [5.74, 6) is 6.77. The summed E-state index contributed by atoms with van der Waals surface area (Å²) in [6, 6.07) is 13.7. The largest absolute Gasteiger partial charge is 0.388 e. The molecular formula is C29H48FN7O2. The first-order chi connectivity index (χ1) is 18.6. The van der Waals surface area contributed by atoms with Crippen LogP contribution in [0.4, 0.5) is 15.8 Å². The molecule has 0 aliphatic rings. The zero-order valence-electron chi connectivity index (χ0n) is 25.2. The molecule has 4 N–H and O–H groups in total. The van der Waals surface area contributed by atoms with E-state index in [1.807, 2.05) is 45.2 Å². The van der Waals surface area contributed by atoms with Crippen LogP contribution in [0.25, 0.3) is 0 Å². The van der Waals surface area contributed by atoms with Gasteiger partial charge in [0.15, 0.2) is 0 Å². The van der Waals surface area contributed by atoms with E-state index >= 15 is 0 Å². The summed E-state index contributed by atoms with van der Waals surface area (Å²) in [5.41, 5.74) is 6.00. The van der Waals surface area contributed by atoms with E-state index in [0.717, 1.165) is 11.3 Å². The molecule has 2 aromatic rings. The molecule has 0 fully saturated rings. The van der Waals surface area contributed by atoms with Crippen LogP contribution in [0.1, 0.15) is 40.2 Å². The minimum atomic E-state index is -0.339. The van der Waals surface area contributed by atoms with E-state index in [9.17, 15) is 9.18 Å². The number of hydrogen-bond donors (Lipinski definition) is 3. The van der Waals surface area contributed by atoms with Crippen molar-refractivity contribution in [1.82, 2.24) is 15.3 Å². The van der Waals surface area contributed by atoms with E-state index in [-0.39, 0.29) is 11.7 Å². The Hall–Kier alpha value is -3.47. The monoisotopic (exact) mass is 545 g/mol. The predicted octanol–water partition coefficient (Wildman–Crippen LogP) is 4.85. The second kappa shape index (κ2) is 19.6. The molecule has 0 bridgehead atoms. The van der Waals surface area contributed by atoms with Crippen molar-refractivity contribution in [3.63, 3.8) is 0 Å².